The van der Waals surface area contributed by atoms with Gasteiger partial charge >= 0.3 is 5.97 Å². The molecular formula is C16H20N2O4S. The molecule has 6 nitrogen and oxygen atoms in total. The summed E-state index contributed by atoms with van der Waals surface area (Å²) in [7, 11) is -3.95. The quantitative estimate of drug-likeness (QED) is 0.809. The van der Waals surface area contributed by atoms with Gasteiger partial charge in [-0.25, -0.2) is 8.42 Å². The second kappa shape index (κ2) is 7.06. The van der Waals surface area contributed by atoms with Crippen LogP contribution in [0.25, 0.3) is 10.9 Å². The standard InChI is InChI=1S/C16H20N2O4S/c1-3-4-7-13(16(19)20)18-23(21,22)14-9-8-11(2)15-12(14)6-5-10-17-15/h5-6,8-10,13,18H,3-4,7H2,1-2H3,(H,19,20)/t13-/m0/s1. The van der Waals surface area contributed by atoms with Crippen LogP contribution in [0.5, 0.6) is 0 Å². The minimum Gasteiger partial charge on any atom is -0.480 e. The maximum Gasteiger partial charge on any atom is 0.321 e. The number of aryl methyl sites for hydroxylation is 1. The molecule has 0 spiro atoms. The van der Waals surface area contributed by atoms with E-state index in [0.717, 1.165) is 12.0 Å². The molecule has 0 aliphatic rings. The molecule has 2 rings (SSSR count). The van der Waals surface area contributed by atoms with E-state index in [1.165, 1.54) is 6.07 Å². The Kier molecular flexibility index (Phi) is 5.33. The second-order valence-electron chi connectivity index (χ2n) is 5.43. The van der Waals surface area contributed by atoms with Gasteiger partial charge in [0.25, 0.3) is 0 Å². The Morgan fingerprint density at radius 1 is 1.35 bits per heavy atom. The Balaban J connectivity index is 2.44. The van der Waals surface area contributed by atoms with Crippen LogP contribution >= 0.6 is 0 Å². The molecular weight excluding hydrogens is 316 g/mol. The highest BCUT2D eigenvalue weighted by molar-refractivity contribution is 7.89. The van der Waals surface area contributed by atoms with Crippen molar-refractivity contribution in [3.8, 4) is 0 Å². The first-order valence-electron chi connectivity index (χ1n) is 7.46. The highest BCUT2D eigenvalue weighted by atomic mass is 32.2. The highest BCUT2D eigenvalue weighted by Gasteiger charge is 2.26. The number of pyridine rings is 1. The first-order chi connectivity index (χ1) is 10.9. The number of aromatic nitrogens is 1. The number of rotatable bonds is 7. The van der Waals surface area contributed by atoms with E-state index in [4.69, 9.17) is 0 Å². The molecule has 1 aromatic carbocycles. The molecule has 2 N–H and O–H groups in total. The molecule has 0 amide bonds. The number of hydrogen-bond donors (Lipinski definition) is 2. The third-order valence-electron chi connectivity index (χ3n) is 3.66. The van der Waals surface area contributed by atoms with E-state index in [-0.39, 0.29) is 11.3 Å². The maximum absolute atomic E-state index is 12.6. The first-order valence-corrected chi connectivity index (χ1v) is 8.94. The average Bonchev–Trinajstić information content (AvgIpc) is 2.51. The fraction of sp³-hybridized carbons (Fsp3) is 0.375. The van der Waals surface area contributed by atoms with E-state index >= 15 is 0 Å². The zero-order valence-electron chi connectivity index (χ0n) is 13.1. The summed E-state index contributed by atoms with van der Waals surface area (Å²) < 4.78 is 27.6. The molecule has 7 heteroatoms. The summed E-state index contributed by atoms with van der Waals surface area (Å²) in [5, 5.41) is 9.71. The average molecular weight is 336 g/mol. The first kappa shape index (κ1) is 17.4. The molecule has 0 bridgehead atoms. The monoisotopic (exact) mass is 336 g/mol. The molecule has 124 valence electrons. The Hall–Kier alpha value is -1.99. The summed E-state index contributed by atoms with van der Waals surface area (Å²) in [5.74, 6) is -1.17. The van der Waals surface area contributed by atoms with Crippen LogP contribution in [0.1, 0.15) is 31.7 Å². The molecule has 0 fully saturated rings. The largest absolute Gasteiger partial charge is 0.480 e. The van der Waals surface area contributed by atoms with E-state index in [9.17, 15) is 18.3 Å². The molecule has 2 aromatic rings. The molecule has 1 atom stereocenters. The molecule has 0 radical (unpaired) electrons. The van der Waals surface area contributed by atoms with Crippen molar-refractivity contribution >= 4 is 26.9 Å². The molecule has 0 aliphatic carbocycles. The Labute approximate surface area is 135 Å². The fourth-order valence-corrected chi connectivity index (χ4v) is 3.84. The fourth-order valence-electron chi connectivity index (χ4n) is 2.41. The van der Waals surface area contributed by atoms with Gasteiger partial charge in [0, 0.05) is 11.6 Å². The van der Waals surface area contributed by atoms with Gasteiger partial charge in [0.2, 0.25) is 10.0 Å². The molecule has 23 heavy (non-hydrogen) atoms. The lowest BCUT2D eigenvalue weighted by Gasteiger charge is -2.16. The predicted octanol–water partition coefficient (Wildman–Crippen LogP) is 2.46. The van der Waals surface area contributed by atoms with Crippen molar-refractivity contribution < 1.29 is 18.3 Å². The number of aliphatic carboxylic acids is 1. The number of carboxylic acid groups (broad SMARTS) is 1. The summed E-state index contributed by atoms with van der Waals surface area (Å²) in [6.07, 6.45) is 3.28. The van der Waals surface area contributed by atoms with Crippen LogP contribution in [-0.2, 0) is 14.8 Å². The number of hydrogen-bond acceptors (Lipinski definition) is 4. The predicted molar refractivity (Wildman–Crippen MR) is 87.8 cm³/mol. The van der Waals surface area contributed by atoms with Crippen LogP contribution in [0.15, 0.2) is 35.4 Å². The van der Waals surface area contributed by atoms with Gasteiger partial charge in [-0.1, -0.05) is 25.8 Å². The molecule has 1 heterocycles. The highest BCUT2D eigenvalue weighted by Crippen LogP contribution is 2.24. The van der Waals surface area contributed by atoms with Gasteiger partial charge in [-0.05, 0) is 37.1 Å². The van der Waals surface area contributed by atoms with Crippen LogP contribution in [0.4, 0.5) is 0 Å². The van der Waals surface area contributed by atoms with Crippen LogP contribution < -0.4 is 4.72 Å². The van der Waals surface area contributed by atoms with Crippen LogP contribution in [0.2, 0.25) is 0 Å². The summed E-state index contributed by atoms with van der Waals surface area (Å²) in [4.78, 5) is 15.6. The third-order valence-corrected chi connectivity index (χ3v) is 5.19. The zero-order valence-corrected chi connectivity index (χ0v) is 13.9. The van der Waals surface area contributed by atoms with Gasteiger partial charge in [-0.15, -0.1) is 0 Å². The second-order valence-corrected chi connectivity index (χ2v) is 7.12. The van der Waals surface area contributed by atoms with Crippen molar-refractivity contribution in [2.45, 2.75) is 44.0 Å². The van der Waals surface area contributed by atoms with Crippen LogP contribution in [0, 0.1) is 6.92 Å². The lowest BCUT2D eigenvalue weighted by Crippen LogP contribution is -2.40. The lowest BCUT2D eigenvalue weighted by molar-refractivity contribution is -0.139. The number of carboxylic acids is 1. The van der Waals surface area contributed by atoms with Gasteiger partial charge < -0.3 is 5.11 Å². The van der Waals surface area contributed by atoms with Crippen molar-refractivity contribution in [3.63, 3.8) is 0 Å². The minimum atomic E-state index is -3.95. The maximum atomic E-state index is 12.6. The van der Waals surface area contributed by atoms with Crippen molar-refractivity contribution in [2.24, 2.45) is 0 Å². The molecule has 0 saturated heterocycles. The van der Waals surface area contributed by atoms with Gasteiger partial charge in [0.15, 0.2) is 0 Å². The third kappa shape index (κ3) is 3.86. The summed E-state index contributed by atoms with van der Waals surface area (Å²) in [5.41, 5.74) is 1.45. The molecule has 0 saturated carbocycles. The SMILES string of the molecule is CCCC[C@H](NS(=O)(=O)c1ccc(C)c2ncccc12)C(=O)O. The summed E-state index contributed by atoms with van der Waals surface area (Å²) in [6.45, 7) is 3.77. The molecule has 1 aromatic heterocycles. The van der Waals surface area contributed by atoms with Gasteiger partial charge in [0.05, 0.1) is 10.4 Å². The number of benzene rings is 1. The molecule has 0 unspecified atom stereocenters. The number of carbonyl (C=O) groups is 1. The number of sulfonamides is 1. The zero-order chi connectivity index (χ0) is 17.0. The van der Waals surface area contributed by atoms with Gasteiger partial charge in [-0.2, -0.15) is 4.72 Å². The number of nitrogens with zero attached hydrogens (tertiary/aromatic N) is 1. The van der Waals surface area contributed by atoms with Gasteiger partial charge in [-0.3, -0.25) is 9.78 Å². The summed E-state index contributed by atoms with van der Waals surface area (Å²) >= 11 is 0. The Morgan fingerprint density at radius 2 is 2.09 bits per heavy atom. The Morgan fingerprint density at radius 3 is 2.74 bits per heavy atom. The lowest BCUT2D eigenvalue weighted by atomic mass is 10.1. The topological polar surface area (TPSA) is 96.4 Å². The van der Waals surface area contributed by atoms with E-state index in [1.807, 2.05) is 13.8 Å². The van der Waals surface area contributed by atoms with E-state index in [2.05, 4.69) is 9.71 Å². The number of fused-ring (bicyclic) bond motifs is 1. The van der Waals surface area contributed by atoms with Crippen LogP contribution in [-0.4, -0.2) is 30.5 Å². The van der Waals surface area contributed by atoms with E-state index in [1.54, 1.807) is 24.4 Å². The van der Waals surface area contributed by atoms with Crippen molar-refractivity contribution in [3.05, 3.63) is 36.0 Å². The van der Waals surface area contributed by atoms with Crippen LogP contribution in [0.3, 0.4) is 0 Å². The number of unbranched alkanes of at least 4 members (excludes halogenated alkanes) is 1. The minimum absolute atomic E-state index is 0.0500. The van der Waals surface area contributed by atoms with Crippen molar-refractivity contribution in [1.29, 1.82) is 0 Å². The molecule has 0 aliphatic heterocycles. The van der Waals surface area contributed by atoms with Crippen molar-refractivity contribution in [1.82, 2.24) is 9.71 Å². The van der Waals surface area contributed by atoms with Gasteiger partial charge in [0.1, 0.15) is 6.04 Å². The normalized spacial score (nSPS) is 13.1. The van der Waals surface area contributed by atoms with Crippen molar-refractivity contribution in [2.75, 3.05) is 0 Å². The smallest absolute Gasteiger partial charge is 0.321 e. The van der Waals surface area contributed by atoms with E-state index in [0.29, 0.717) is 17.3 Å². The number of nitrogens with one attached hydrogen (secondary N) is 1. The Bertz CT molecular complexity index is 818. The summed E-state index contributed by atoms with van der Waals surface area (Å²) in [6, 6.07) is 5.36. The van der Waals surface area contributed by atoms with E-state index < -0.39 is 22.0 Å².